The molecule has 0 bridgehead atoms. The van der Waals surface area contributed by atoms with Crippen molar-refractivity contribution in [1.82, 2.24) is 10.2 Å². The van der Waals surface area contributed by atoms with Crippen LogP contribution in [0.3, 0.4) is 0 Å². The van der Waals surface area contributed by atoms with Gasteiger partial charge in [0.25, 0.3) is 0 Å². The smallest absolute Gasteiger partial charge is 0.329 e. The Kier molecular flexibility index (Phi) is 4.84. The number of hydrogen-bond acceptors (Lipinski definition) is 1. The summed E-state index contributed by atoms with van der Waals surface area (Å²) < 4.78 is 35.7. The summed E-state index contributed by atoms with van der Waals surface area (Å²) in [6, 6.07) is 6.03. The van der Waals surface area contributed by atoms with Crippen molar-refractivity contribution in [1.29, 1.82) is 0 Å². The zero-order valence-electron chi connectivity index (χ0n) is 9.59. The maximum atomic E-state index is 11.9. The van der Waals surface area contributed by atoms with Crippen molar-refractivity contribution in [3.63, 3.8) is 0 Å². The molecule has 0 aliphatic carbocycles. The molecule has 100 valence electrons. The first kappa shape index (κ1) is 14.6. The lowest BCUT2D eigenvalue weighted by atomic mass is 10.2. The highest BCUT2D eigenvalue weighted by molar-refractivity contribution is 6.31. The van der Waals surface area contributed by atoms with Crippen molar-refractivity contribution in [3.8, 4) is 0 Å². The Bertz CT molecular complexity index is 423. The van der Waals surface area contributed by atoms with Gasteiger partial charge in [-0.05, 0) is 11.6 Å². The zero-order valence-corrected chi connectivity index (χ0v) is 10.3. The lowest BCUT2D eigenvalue weighted by Gasteiger charge is -2.19. The van der Waals surface area contributed by atoms with Crippen LogP contribution in [0.4, 0.5) is 18.0 Å². The van der Waals surface area contributed by atoms with Gasteiger partial charge in [-0.1, -0.05) is 29.8 Å². The Morgan fingerprint density at radius 3 is 2.56 bits per heavy atom. The number of carbonyl (C=O) groups excluding carboxylic acids is 1. The van der Waals surface area contributed by atoms with Gasteiger partial charge in [0, 0.05) is 18.6 Å². The number of nitrogens with one attached hydrogen (secondary N) is 1. The standard InChI is InChI=1S/C11H12ClF3N2O/c1-17(10(18)16-7-11(13,14)15)6-8-4-2-3-5-9(8)12/h2-5H,6-7H2,1H3,(H,16,18). The van der Waals surface area contributed by atoms with Gasteiger partial charge < -0.3 is 10.2 Å². The molecule has 0 heterocycles. The minimum absolute atomic E-state index is 0.142. The Balaban J connectivity index is 2.53. The number of rotatable bonds is 3. The molecular formula is C11H12ClF3N2O. The average molecular weight is 281 g/mol. The Morgan fingerprint density at radius 2 is 2.00 bits per heavy atom. The van der Waals surface area contributed by atoms with Crippen molar-refractivity contribution >= 4 is 17.6 Å². The molecule has 0 radical (unpaired) electrons. The quantitative estimate of drug-likeness (QED) is 0.907. The van der Waals surface area contributed by atoms with Crippen molar-refractivity contribution in [3.05, 3.63) is 34.9 Å². The topological polar surface area (TPSA) is 32.3 Å². The third-order valence-electron chi connectivity index (χ3n) is 2.15. The van der Waals surface area contributed by atoms with E-state index in [1.165, 1.54) is 7.05 Å². The van der Waals surface area contributed by atoms with Gasteiger partial charge in [0.05, 0.1) is 0 Å². The van der Waals surface area contributed by atoms with E-state index in [9.17, 15) is 18.0 Å². The highest BCUT2D eigenvalue weighted by atomic mass is 35.5. The highest BCUT2D eigenvalue weighted by Crippen LogP contribution is 2.16. The third-order valence-corrected chi connectivity index (χ3v) is 2.52. The molecule has 1 rings (SSSR count). The van der Waals surface area contributed by atoms with Crippen LogP contribution in [-0.4, -0.2) is 30.7 Å². The highest BCUT2D eigenvalue weighted by Gasteiger charge is 2.28. The number of benzene rings is 1. The summed E-state index contributed by atoms with van der Waals surface area (Å²) in [7, 11) is 1.40. The number of urea groups is 1. The maximum absolute atomic E-state index is 11.9. The van der Waals surface area contributed by atoms with Gasteiger partial charge >= 0.3 is 12.2 Å². The third kappa shape index (κ3) is 4.83. The van der Waals surface area contributed by atoms with E-state index >= 15 is 0 Å². The van der Waals surface area contributed by atoms with Crippen LogP contribution in [0.1, 0.15) is 5.56 Å². The van der Waals surface area contributed by atoms with Crippen molar-refractivity contribution < 1.29 is 18.0 Å². The Morgan fingerprint density at radius 1 is 1.39 bits per heavy atom. The molecule has 0 aliphatic heterocycles. The normalized spacial score (nSPS) is 11.2. The van der Waals surface area contributed by atoms with E-state index in [0.717, 1.165) is 4.90 Å². The van der Waals surface area contributed by atoms with E-state index in [2.05, 4.69) is 0 Å². The van der Waals surface area contributed by atoms with Crippen molar-refractivity contribution in [2.24, 2.45) is 0 Å². The Hall–Kier alpha value is -1.43. The minimum Gasteiger partial charge on any atom is -0.329 e. The van der Waals surface area contributed by atoms with Gasteiger partial charge in [-0.25, -0.2) is 4.79 Å². The van der Waals surface area contributed by atoms with Crippen molar-refractivity contribution in [2.75, 3.05) is 13.6 Å². The van der Waals surface area contributed by atoms with Crippen LogP contribution in [0, 0.1) is 0 Å². The molecule has 3 nitrogen and oxygen atoms in total. The fourth-order valence-electron chi connectivity index (χ4n) is 1.26. The second-order valence-corrected chi connectivity index (χ2v) is 4.13. The molecule has 0 atom stereocenters. The maximum Gasteiger partial charge on any atom is 0.405 e. The predicted octanol–water partition coefficient (Wildman–Crippen LogP) is 3.04. The SMILES string of the molecule is CN(Cc1ccccc1Cl)C(=O)NCC(F)(F)F. The van der Waals surface area contributed by atoms with E-state index in [0.29, 0.717) is 10.6 Å². The predicted molar refractivity (Wildman–Crippen MR) is 62.4 cm³/mol. The molecule has 0 unspecified atom stereocenters. The molecule has 2 amide bonds. The number of halogens is 4. The molecule has 1 aromatic rings. The first-order valence-electron chi connectivity index (χ1n) is 5.09. The molecule has 0 fully saturated rings. The van der Waals surface area contributed by atoms with E-state index in [4.69, 9.17) is 11.6 Å². The molecule has 0 saturated heterocycles. The number of amides is 2. The summed E-state index contributed by atoms with van der Waals surface area (Å²) in [5, 5.41) is 2.25. The Labute approximate surface area is 108 Å². The van der Waals surface area contributed by atoms with Gasteiger partial charge in [-0.3, -0.25) is 0 Å². The lowest BCUT2D eigenvalue weighted by molar-refractivity contribution is -0.123. The average Bonchev–Trinajstić information content (AvgIpc) is 2.28. The monoisotopic (exact) mass is 280 g/mol. The van der Waals surface area contributed by atoms with Gasteiger partial charge in [-0.2, -0.15) is 13.2 Å². The summed E-state index contributed by atoms with van der Waals surface area (Å²) in [5.74, 6) is 0. The molecule has 1 aromatic carbocycles. The van der Waals surface area contributed by atoms with E-state index in [1.54, 1.807) is 29.6 Å². The molecule has 0 saturated carbocycles. The number of alkyl halides is 3. The van der Waals surface area contributed by atoms with Gasteiger partial charge in [0.1, 0.15) is 6.54 Å². The molecule has 18 heavy (non-hydrogen) atoms. The van der Waals surface area contributed by atoms with Gasteiger partial charge in [0.15, 0.2) is 0 Å². The summed E-state index contributed by atoms with van der Waals surface area (Å²) in [4.78, 5) is 12.5. The second kappa shape index (κ2) is 5.95. The first-order chi connectivity index (χ1) is 8.29. The van der Waals surface area contributed by atoms with E-state index in [-0.39, 0.29) is 6.54 Å². The number of nitrogens with zero attached hydrogens (tertiary/aromatic N) is 1. The second-order valence-electron chi connectivity index (χ2n) is 3.72. The molecule has 1 N–H and O–H groups in total. The summed E-state index contributed by atoms with van der Waals surface area (Å²) in [6.45, 7) is -1.21. The van der Waals surface area contributed by atoms with Crippen LogP contribution in [0.15, 0.2) is 24.3 Å². The fraction of sp³-hybridized carbons (Fsp3) is 0.364. The van der Waals surface area contributed by atoms with Crippen LogP contribution >= 0.6 is 11.6 Å². The molecule has 7 heteroatoms. The van der Waals surface area contributed by atoms with Crippen LogP contribution in [0.2, 0.25) is 5.02 Å². The van der Waals surface area contributed by atoms with Crippen LogP contribution < -0.4 is 5.32 Å². The first-order valence-corrected chi connectivity index (χ1v) is 5.46. The van der Waals surface area contributed by atoms with E-state index in [1.807, 2.05) is 0 Å². The van der Waals surface area contributed by atoms with Crippen molar-refractivity contribution in [2.45, 2.75) is 12.7 Å². The largest absolute Gasteiger partial charge is 0.405 e. The molecule has 0 spiro atoms. The van der Waals surface area contributed by atoms with Crippen LogP contribution in [0.5, 0.6) is 0 Å². The molecular weight excluding hydrogens is 269 g/mol. The molecule has 0 aromatic heterocycles. The van der Waals surface area contributed by atoms with Gasteiger partial charge in [0.2, 0.25) is 0 Å². The summed E-state index contributed by atoms with van der Waals surface area (Å²) in [6.07, 6.45) is -4.42. The lowest BCUT2D eigenvalue weighted by Crippen LogP contribution is -2.41. The fourth-order valence-corrected chi connectivity index (χ4v) is 1.46. The zero-order chi connectivity index (χ0) is 13.8. The number of hydrogen-bond donors (Lipinski definition) is 1. The molecule has 0 aliphatic rings. The van der Waals surface area contributed by atoms with Crippen LogP contribution in [-0.2, 0) is 6.54 Å². The van der Waals surface area contributed by atoms with E-state index < -0.39 is 18.8 Å². The summed E-state index contributed by atoms with van der Waals surface area (Å²) >= 11 is 5.88. The van der Waals surface area contributed by atoms with Crippen LogP contribution in [0.25, 0.3) is 0 Å². The summed E-state index contributed by atoms with van der Waals surface area (Å²) in [5.41, 5.74) is 0.670. The van der Waals surface area contributed by atoms with Gasteiger partial charge in [-0.15, -0.1) is 0 Å². The number of carbonyl (C=O) groups is 1. The minimum atomic E-state index is -4.42.